The highest BCUT2D eigenvalue weighted by atomic mass is 35.5. The van der Waals surface area contributed by atoms with Crippen LogP contribution >= 0.6 is 11.6 Å². The van der Waals surface area contributed by atoms with Gasteiger partial charge in [-0.1, -0.05) is 29.8 Å². The molecule has 0 spiro atoms. The van der Waals surface area contributed by atoms with Crippen molar-refractivity contribution in [1.29, 1.82) is 0 Å². The summed E-state index contributed by atoms with van der Waals surface area (Å²) in [5.74, 6) is -3.32. The van der Waals surface area contributed by atoms with Crippen LogP contribution in [0, 0.1) is 11.8 Å². The number of nitrogens with one attached hydrogen (secondary N) is 2. The Hall–Kier alpha value is -1.27. The number of hydrogen-bond donors (Lipinski definition) is 2. The van der Waals surface area contributed by atoms with Crippen molar-refractivity contribution in [3.8, 4) is 0 Å². The quantitative estimate of drug-likeness (QED) is 0.900. The van der Waals surface area contributed by atoms with Gasteiger partial charge in [-0.05, 0) is 11.6 Å². The number of carbonyl (C=O) groups is 1. The van der Waals surface area contributed by atoms with Gasteiger partial charge in [0.05, 0.1) is 11.8 Å². The highest BCUT2D eigenvalue weighted by molar-refractivity contribution is 6.31. The summed E-state index contributed by atoms with van der Waals surface area (Å²) < 4.78 is 38.3. The molecule has 0 bridgehead atoms. The number of alkyl halides is 3. The second-order valence-electron chi connectivity index (χ2n) is 4.72. The SMILES string of the molecule is O=C(NCc1ccccc1Cl)[C@@H]1CNC[C@H]1C(F)(F)F. The maximum absolute atomic E-state index is 12.8. The molecule has 2 rings (SSSR count). The zero-order chi connectivity index (χ0) is 14.8. The molecule has 2 atom stereocenters. The fourth-order valence-corrected chi connectivity index (χ4v) is 2.46. The van der Waals surface area contributed by atoms with Crippen molar-refractivity contribution in [3.05, 3.63) is 34.9 Å². The predicted molar refractivity (Wildman–Crippen MR) is 69.2 cm³/mol. The monoisotopic (exact) mass is 306 g/mol. The standard InChI is InChI=1S/C13H14ClF3N2O/c14-11-4-2-1-3-8(11)5-19-12(20)9-6-18-7-10(9)13(15,16)17/h1-4,9-10,18H,5-7H2,(H,19,20)/t9-,10-/m1/s1. The summed E-state index contributed by atoms with van der Waals surface area (Å²) in [6, 6.07) is 6.88. The molecule has 1 fully saturated rings. The van der Waals surface area contributed by atoms with Crippen molar-refractivity contribution < 1.29 is 18.0 Å². The van der Waals surface area contributed by atoms with Gasteiger partial charge in [-0.2, -0.15) is 13.2 Å². The van der Waals surface area contributed by atoms with Crippen LogP contribution in [0.1, 0.15) is 5.56 Å². The van der Waals surface area contributed by atoms with Crippen molar-refractivity contribution in [1.82, 2.24) is 10.6 Å². The predicted octanol–water partition coefficient (Wildman–Crippen LogP) is 2.35. The van der Waals surface area contributed by atoms with Crippen LogP contribution in [-0.2, 0) is 11.3 Å². The lowest BCUT2D eigenvalue weighted by molar-refractivity contribution is -0.182. The van der Waals surface area contributed by atoms with Crippen LogP contribution in [0.25, 0.3) is 0 Å². The lowest BCUT2D eigenvalue weighted by Crippen LogP contribution is -2.39. The molecule has 0 aliphatic carbocycles. The molecule has 1 aromatic carbocycles. The van der Waals surface area contributed by atoms with E-state index in [4.69, 9.17) is 11.6 Å². The van der Waals surface area contributed by atoms with E-state index in [1.165, 1.54) is 0 Å². The number of carbonyl (C=O) groups excluding carboxylic acids is 1. The maximum Gasteiger partial charge on any atom is 0.393 e. The maximum atomic E-state index is 12.8. The lowest BCUT2D eigenvalue weighted by atomic mass is 9.94. The number of hydrogen-bond acceptors (Lipinski definition) is 2. The number of benzene rings is 1. The second kappa shape index (κ2) is 6.01. The van der Waals surface area contributed by atoms with Crippen LogP contribution in [0.4, 0.5) is 13.2 Å². The van der Waals surface area contributed by atoms with E-state index in [-0.39, 0.29) is 19.6 Å². The Bertz CT molecular complexity index is 493. The molecule has 1 aromatic rings. The number of rotatable bonds is 3. The summed E-state index contributed by atoms with van der Waals surface area (Å²) >= 11 is 5.92. The first-order valence-corrected chi connectivity index (χ1v) is 6.56. The van der Waals surface area contributed by atoms with Crippen LogP contribution in [0.2, 0.25) is 5.02 Å². The number of amides is 1. The molecule has 20 heavy (non-hydrogen) atoms. The highest BCUT2D eigenvalue weighted by Crippen LogP contribution is 2.34. The second-order valence-corrected chi connectivity index (χ2v) is 5.13. The third kappa shape index (κ3) is 3.43. The molecule has 0 unspecified atom stereocenters. The fourth-order valence-electron chi connectivity index (χ4n) is 2.25. The molecule has 1 aliphatic rings. The zero-order valence-electron chi connectivity index (χ0n) is 10.5. The molecule has 110 valence electrons. The Morgan fingerprint density at radius 2 is 2.05 bits per heavy atom. The third-order valence-corrected chi connectivity index (χ3v) is 3.75. The van der Waals surface area contributed by atoms with Crippen molar-refractivity contribution in [3.63, 3.8) is 0 Å². The fraction of sp³-hybridized carbons (Fsp3) is 0.462. The van der Waals surface area contributed by atoms with E-state index in [1.807, 2.05) is 0 Å². The van der Waals surface area contributed by atoms with E-state index in [2.05, 4.69) is 10.6 Å². The lowest BCUT2D eigenvalue weighted by Gasteiger charge is -2.20. The first-order valence-electron chi connectivity index (χ1n) is 6.18. The van der Waals surface area contributed by atoms with Crippen LogP contribution in [-0.4, -0.2) is 25.2 Å². The third-order valence-electron chi connectivity index (χ3n) is 3.38. The molecular formula is C13H14ClF3N2O. The van der Waals surface area contributed by atoms with Crippen LogP contribution < -0.4 is 10.6 Å². The number of halogens is 4. The Balaban J connectivity index is 1.97. The average molecular weight is 307 g/mol. The largest absolute Gasteiger partial charge is 0.393 e. The van der Waals surface area contributed by atoms with E-state index >= 15 is 0 Å². The first kappa shape index (κ1) is 15.1. The van der Waals surface area contributed by atoms with Gasteiger partial charge in [0, 0.05) is 24.7 Å². The normalized spacial score (nSPS) is 22.8. The molecule has 1 aliphatic heterocycles. The summed E-state index contributed by atoms with van der Waals surface area (Å²) in [4.78, 5) is 11.9. The van der Waals surface area contributed by atoms with Crippen molar-refractivity contribution in [2.75, 3.05) is 13.1 Å². The van der Waals surface area contributed by atoms with Gasteiger partial charge in [0.15, 0.2) is 0 Å². The van der Waals surface area contributed by atoms with Gasteiger partial charge in [0.25, 0.3) is 0 Å². The smallest absolute Gasteiger partial charge is 0.352 e. The zero-order valence-corrected chi connectivity index (χ0v) is 11.3. The minimum Gasteiger partial charge on any atom is -0.352 e. The van der Waals surface area contributed by atoms with Gasteiger partial charge in [-0.25, -0.2) is 0 Å². The average Bonchev–Trinajstić information content (AvgIpc) is 2.86. The molecule has 1 heterocycles. The van der Waals surface area contributed by atoms with Gasteiger partial charge in [-0.15, -0.1) is 0 Å². The summed E-state index contributed by atoms with van der Waals surface area (Å²) in [7, 11) is 0. The van der Waals surface area contributed by atoms with E-state index < -0.39 is 23.9 Å². The van der Waals surface area contributed by atoms with Gasteiger partial charge in [0.1, 0.15) is 0 Å². The first-order chi connectivity index (χ1) is 9.39. The molecule has 1 saturated heterocycles. The topological polar surface area (TPSA) is 41.1 Å². The Labute approximate surface area is 119 Å². The highest BCUT2D eigenvalue weighted by Gasteiger charge is 2.49. The van der Waals surface area contributed by atoms with Crippen LogP contribution in [0.3, 0.4) is 0 Å². The molecule has 1 amide bonds. The van der Waals surface area contributed by atoms with E-state index in [0.717, 1.165) is 0 Å². The molecule has 7 heteroatoms. The van der Waals surface area contributed by atoms with Crippen molar-refractivity contribution in [2.24, 2.45) is 11.8 Å². The Kier molecular flexibility index (Phi) is 4.55. The van der Waals surface area contributed by atoms with Crippen molar-refractivity contribution >= 4 is 17.5 Å². The van der Waals surface area contributed by atoms with Crippen LogP contribution in [0.15, 0.2) is 24.3 Å². The minimum atomic E-state index is -4.37. The minimum absolute atomic E-state index is 0.0402. The molecular weight excluding hydrogens is 293 g/mol. The van der Waals surface area contributed by atoms with Crippen LogP contribution in [0.5, 0.6) is 0 Å². The van der Waals surface area contributed by atoms with Gasteiger partial charge >= 0.3 is 6.18 Å². The Morgan fingerprint density at radius 3 is 2.70 bits per heavy atom. The molecule has 0 radical (unpaired) electrons. The summed E-state index contributed by atoms with van der Waals surface area (Å²) in [5, 5.41) is 5.61. The van der Waals surface area contributed by atoms with Gasteiger partial charge in [-0.3, -0.25) is 4.79 Å². The summed E-state index contributed by atoms with van der Waals surface area (Å²) in [6.45, 7) is -0.0498. The molecule has 3 nitrogen and oxygen atoms in total. The van der Waals surface area contributed by atoms with Gasteiger partial charge < -0.3 is 10.6 Å². The van der Waals surface area contributed by atoms with Crippen molar-refractivity contribution in [2.45, 2.75) is 12.7 Å². The molecule has 0 aromatic heterocycles. The van der Waals surface area contributed by atoms with E-state index in [9.17, 15) is 18.0 Å². The Morgan fingerprint density at radius 1 is 1.35 bits per heavy atom. The van der Waals surface area contributed by atoms with Gasteiger partial charge in [0.2, 0.25) is 5.91 Å². The molecule has 2 N–H and O–H groups in total. The van der Waals surface area contributed by atoms with E-state index in [1.54, 1.807) is 24.3 Å². The summed E-state index contributed by atoms with van der Waals surface area (Å²) in [5.41, 5.74) is 0.678. The summed E-state index contributed by atoms with van der Waals surface area (Å²) in [6.07, 6.45) is -4.37. The van der Waals surface area contributed by atoms with E-state index in [0.29, 0.717) is 10.6 Å². The molecule has 0 saturated carbocycles.